The molecular formula is C16H28N2. The predicted octanol–water partition coefficient (Wildman–Crippen LogP) is 3.98. The van der Waals surface area contributed by atoms with Gasteiger partial charge in [0.2, 0.25) is 0 Å². The van der Waals surface area contributed by atoms with Crippen LogP contribution < -0.4 is 10.2 Å². The number of rotatable bonds is 8. The van der Waals surface area contributed by atoms with E-state index in [9.17, 15) is 0 Å². The van der Waals surface area contributed by atoms with Crippen molar-refractivity contribution in [3.8, 4) is 0 Å². The minimum atomic E-state index is 0.440. The Morgan fingerprint density at radius 2 is 1.56 bits per heavy atom. The van der Waals surface area contributed by atoms with Crippen LogP contribution in [0.2, 0.25) is 0 Å². The maximum atomic E-state index is 3.45. The van der Waals surface area contributed by atoms with Crippen molar-refractivity contribution < 1.29 is 0 Å². The van der Waals surface area contributed by atoms with Crippen molar-refractivity contribution >= 4 is 5.69 Å². The van der Waals surface area contributed by atoms with Crippen LogP contribution in [-0.4, -0.2) is 19.6 Å². The van der Waals surface area contributed by atoms with Crippen LogP contribution in [0, 0.1) is 0 Å². The molecule has 0 bridgehead atoms. The highest BCUT2D eigenvalue weighted by atomic mass is 15.1. The largest absolute Gasteiger partial charge is 0.372 e. The molecule has 0 aliphatic heterocycles. The smallest absolute Gasteiger partial charge is 0.0366 e. The van der Waals surface area contributed by atoms with Crippen molar-refractivity contribution in [2.75, 3.05) is 24.5 Å². The van der Waals surface area contributed by atoms with E-state index in [0.29, 0.717) is 6.04 Å². The minimum absolute atomic E-state index is 0.440. The third-order valence-corrected chi connectivity index (χ3v) is 3.26. The zero-order chi connectivity index (χ0) is 13.4. The third-order valence-electron chi connectivity index (χ3n) is 3.26. The van der Waals surface area contributed by atoms with Gasteiger partial charge < -0.3 is 10.2 Å². The van der Waals surface area contributed by atoms with E-state index in [0.717, 1.165) is 19.6 Å². The van der Waals surface area contributed by atoms with Crippen molar-refractivity contribution in [1.29, 1.82) is 0 Å². The molecule has 1 aromatic carbocycles. The van der Waals surface area contributed by atoms with Gasteiger partial charge in [-0.05, 0) is 44.0 Å². The monoisotopic (exact) mass is 248 g/mol. The van der Waals surface area contributed by atoms with Crippen molar-refractivity contribution in [3.05, 3.63) is 29.8 Å². The molecule has 2 heteroatoms. The average Bonchev–Trinajstić information content (AvgIpc) is 2.39. The van der Waals surface area contributed by atoms with E-state index in [4.69, 9.17) is 0 Å². The molecule has 0 aliphatic carbocycles. The molecule has 0 saturated heterocycles. The second kappa shape index (κ2) is 8.15. The van der Waals surface area contributed by atoms with Gasteiger partial charge in [-0.3, -0.25) is 0 Å². The maximum Gasteiger partial charge on any atom is 0.0366 e. The van der Waals surface area contributed by atoms with Gasteiger partial charge in [0.1, 0.15) is 0 Å². The summed E-state index contributed by atoms with van der Waals surface area (Å²) in [6.07, 6.45) is 2.41. The first-order valence-electron chi connectivity index (χ1n) is 7.31. The molecule has 102 valence electrons. The van der Waals surface area contributed by atoms with Gasteiger partial charge >= 0.3 is 0 Å². The Balaban J connectivity index is 2.73. The highest BCUT2D eigenvalue weighted by molar-refractivity contribution is 5.48. The standard InChI is InChI=1S/C16H28N2/c1-5-12-18(13-6-2)16-10-8-15(9-11-16)14(4)17-7-3/h8-11,14,17H,5-7,12-13H2,1-4H3. The normalized spacial score (nSPS) is 12.4. The van der Waals surface area contributed by atoms with Gasteiger partial charge in [0.15, 0.2) is 0 Å². The summed E-state index contributed by atoms with van der Waals surface area (Å²) in [5.41, 5.74) is 2.72. The Kier molecular flexibility index (Phi) is 6.81. The lowest BCUT2D eigenvalue weighted by Crippen LogP contribution is -2.25. The second-order valence-electron chi connectivity index (χ2n) is 4.86. The summed E-state index contributed by atoms with van der Waals surface area (Å²) >= 11 is 0. The van der Waals surface area contributed by atoms with Crippen molar-refractivity contribution in [2.45, 2.75) is 46.6 Å². The molecule has 0 spiro atoms. The molecule has 2 nitrogen and oxygen atoms in total. The first-order chi connectivity index (χ1) is 8.72. The molecule has 0 saturated carbocycles. The second-order valence-corrected chi connectivity index (χ2v) is 4.86. The fraction of sp³-hybridized carbons (Fsp3) is 0.625. The quantitative estimate of drug-likeness (QED) is 0.748. The first-order valence-corrected chi connectivity index (χ1v) is 7.31. The zero-order valence-corrected chi connectivity index (χ0v) is 12.4. The molecule has 0 heterocycles. The minimum Gasteiger partial charge on any atom is -0.372 e. The van der Waals surface area contributed by atoms with Gasteiger partial charge in [-0.1, -0.05) is 32.9 Å². The Hall–Kier alpha value is -1.02. The van der Waals surface area contributed by atoms with Crippen LogP contribution in [0.1, 0.15) is 52.1 Å². The molecule has 0 amide bonds. The summed E-state index contributed by atoms with van der Waals surface area (Å²) in [4.78, 5) is 2.47. The highest BCUT2D eigenvalue weighted by Crippen LogP contribution is 2.19. The van der Waals surface area contributed by atoms with Crippen LogP contribution >= 0.6 is 0 Å². The van der Waals surface area contributed by atoms with Gasteiger partial charge in [0, 0.05) is 24.8 Å². The first kappa shape index (κ1) is 15.0. The Labute approximate surface area is 112 Å². The molecule has 0 aromatic heterocycles. The molecule has 0 fully saturated rings. The van der Waals surface area contributed by atoms with Crippen LogP contribution in [0.4, 0.5) is 5.69 Å². The van der Waals surface area contributed by atoms with Gasteiger partial charge in [-0.15, -0.1) is 0 Å². The third kappa shape index (κ3) is 4.34. The summed E-state index contributed by atoms with van der Waals surface area (Å²) in [5, 5.41) is 3.45. The average molecular weight is 248 g/mol. The highest BCUT2D eigenvalue weighted by Gasteiger charge is 2.06. The summed E-state index contributed by atoms with van der Waals surface area (Å²) < 4.78 is 0. The zero-order valence-electron chi connectivity index (χ0n) is 12.4. The summed E-state index contributed by atoms with van der Waals surface area (Å²) in [5.74, 6) is 0. The lowest BCUT2D eigenvalue weighted by molar-refractivity contribution is 0.598. The molecule has 0 radical (unpaired) electrons. The molecule has 1 unspecified atom stereocenters. The predicted molar refractivity (Wildman–Crippen MR) is 81.3 cm³/mol. The van der Waals surface area contributed by atoms with Crippen LogP contribution in [0.3, 0.4) is 0 Å². The number of hydrogen-bond acceptors (Lipinski definition) is 2. The Morgan fingerprint density at radius 1 is 1.00 bits per heavy atom. The lowest BCUT2D eigenvalue weighted by atomic mass is 10.1. The number of nitrogens with one attached hydrogen (secondary N) is 1. The van der Waals surface area contributed by atoms with Crippen LogP contribution in [-0.2, 0) is 0 Å². The number of hydrogen-bond donors (Lipinski definition) is 1. The van der Waals surface area contributed by atoms with E-state index in [1.165, 1.54) is 24.1 Å². The van der Waals surface area contributed by atoms with Crippen molar-refractivity contribution in [3.63, 3.8) is 0 Å². The van der Waals surface area contributed by atoms with Gasteiger partial charge in [0.25, 0.3) is 0 Å². The molecule has 1 aromatic rings. The lowest BCUT2D eigenvalue weighted by Gasteiger charge is -2.24. The Bertz CT molecular complexity index is 312. The van der Waals surface area contributed by atoms with E-state index in [1.54, 1.807) is 0 Å². The van der Waals surface area contributed by atoms with E-state index in [-0.39, 0.29) is 0 Å². The Morgan fingerprint density at radius 3 is 2.00 bits per heavy atom. The van der Waals surface area contributed by atoms with E-state index < -0.39 is 0 Å². The van der Waals surface area contributed by atoms with E-state index in [2.05, 4.69) is 62.2 Å². The van der Waals surface area contributed by atoms with Crippen molar-refractivity contribution in [1.82, 2.24) is 5.32 Å². The molecule has 1 rings (SSSR count). The van der Waals surface area contributed by atoms with Crippen molar-refractivity contribution in [2.24, 2.45) is 0 Å². The van der Waals surface area contributed by atoms with E-state index >= 15 is 0 Å². The number of anilines is 1. The van der Waals surface area contributed by atoms with Gasteiger partial charge in [-0.2, -0.15) is 0 Å². The topological polar surface area (TPSA) is 15.3 Å². The van der Waals surface area contributed by atoms with Crippen LogP contribution in [0.15, 0.2) is 24.3 Å². The van der Waals surface area contributed by atoms with Gasteiger partial charge in [-0.25, -0.2) is 0 Å². The molecule has 1 atom stereocenters. The van der Waals surface area contributed by atoms with Crippen LogP contribution in [0.25, 0.3) is 0 Å². The molecular weight excluding hydrogens is 220 g/mol. The van der Waals surface area contributed by atoms with E-state index in [1.807, 2.05) is 0 Å². The molecule has 18 heavy (non-hydrogen) atoms. The number of benzene rings is 1. The fourth-order valence-electron chi connectivity index (χ4n) is 2.31. The SMILES string of the molecule is CCCN(CCC)c1ccc(C(C)NCC)cc1. The maximum absolute atomic E-state index is 3.45. The summed E-state index contributed by atoms with van der Waals surface area (Å²) in [6, 6.07) is 9.46. The molecule has 0 aliphatic rings. The fourth-order valence-corrected chi connectivity index (χ4v) is 2.31. The summed E-state index contributed by atoms with van der Waals surface area (Å²) in [6.45, 7) is 12.2. The van der Waals surface area contributed by atoms with Crippen LogP contribution in [0.5, 0.6) is 0 Å². The number of nitrogens with zero attached hydrogens (tertiary/aromatic N) is 1. The molecule has 1 N–H and O–H groups in total. The van der Waals surface area contributed by atoms with Gasteiger partial charge in [0.05, 0.1) is 0 Å². The summed E-state index contributed by atoms with van der Waals surface area (Å²) in [7, 11) is 0.